The Morgan fingerprint density at radius 3 is 0.750 bits per heavy atom. The Morgan fingerprint density at radius 1 is 0.750 bits per heavy atom. The topological polar surface area (TPSA) is 0 Å². The molecule has 2 radical (unpaired) electrons. The van der Waals surface area contributed by atoms with Crippen LogP contribution in [-0.4, -0.2) is 0 Å². The molecule has 0 amide bonds. The molecule has 0 aromatic heterocycles. The molecule has 22 valence electrons. The van der Waals surface area contributed by atoms with Crippen LogP contribution in [0.1, 0.15) is 0 Å². The molecular weight excluding hydrogens is 158 g/mol. The van der Waals surface area contributed by atoms with Crippen LogP contribution in [-0.2, 0) is 0 Å². The summed E-state index contributed by atoms with van der Waals surface area (Å²) in [7, 11) is 0. The number of halogens is 3. The largest absolute Gasteiger partial charge is 1.00 e. The van der Waals surface area contributed by atoms with E-state index in [0.717, 1.165) is 0 Å². The van der Waals surface area contributed by atoms with Crippen molar-refractivity contribution in [1.29, 1.82) is 0 Å². The molecule has 0 saturated heterocycles. The summed E-state index contributed by atoms with van der Waals surface area (Å²) in [5.41, 5.74) is 0. The molecule has 4 heteroatoms. The van der Waals surface area contributed by atoms with Crippen molar-refractivity contribution < 1.29 is 60.7 Å². The molecule has 0 atom stereocenters. The van der Waals surface area contributed by atoms with Crippen molar-refractivity contribution in [2.75, 3.05) is 0 Å². The summed E-state index contributed by atoms with van der Waals surface area (Å²) < 4.78 is 0. The molecule has 4 heavy (non-hydrogen) atoms. The van der Waals surface area contributed by atoms with Gasteiger partial charge in [0.2, 0.25) is 0 Å². The fourth-order valence-electron chi connectivity index (χ4n) is 0. The first-order valence-corrected chi connectivity index (χ1v) is 0. The van der Waals surface area contributed by atoms with E-state index in [0.29, 0.717) is 0 Å². The zero-order valence-electron chi connectivity index (χ0n) is 2.13. The Balaban J connectivity index is 0. The van der Waals surface area contributed by atoms with E-state index in [9.17, 15) is 0 Å². The van der Waals surface area contributed by atoms with Crippen molar-refractivity contribution >= 4 is 0 Å². The fourth-order valence-corrected chi connectivity index (χ4v) is 0. The van der Waals surface area contributed by atoms with Gasteiger partial charge in [-0.05, 0) is 0 Å². The Morgan fingerprint density at radius 2 is 0.750 bits per heavy atom. The Kier molecular flexibility index (Phi) is 253. The van der Waals surface area contributed by atoms with E-state index in [-0.39, 0.29) is 60.7 Å². The van der Waals surface area contributed by atoms with E-state index < -0.39 is 0 Å². The maximum Gasteiger partial charge on any atom is 1.00 e. The van der Waals surface area contributed by atoms with Gasteiger partial charge in [-0.2, -0.15) is 0 Å². The van der Waals surface area contributed by atoms with Gasteiger partial charge in [-0.15, -0.1) is 0 Å². The van der Waals surface area contributed by atoms with Crippen molar-refractivity contribution in [1.82, 2.24) is 0 Å². The predicted octanol–water partition coefficient (Wildman–Crippen LogP) is -8.99. The average molecular weight is 158 g/mol. The molecule has 0 rings (SSSR count). The SMILES string of the molecule is [Br+].[Cl-].[Cl-].[Li+]. The van der Waals surface area contributed by atoms with Gasteiger partial charge in [-0.25, -0.2) is 0 Å². The second-order valence-corrected chi connectivity index (χ2v) is 0. The van der Waals surface area contributed by atoms with Crippen LogP contribution in [0.3, 0.4) is 0 Å². The molecule has 0 N–H and O–H groups in total. The van der Waals surface area contributed by atoms with Crippen LogP contribution < -0.4 is 43.7 Å². The molecule has 0 heterocycles. The van der Waals surface area contributed by atoms with Crippen molar-refractivity contribution in [2.45, 2.75) is 0 Å². The average Bonchev–Trinajstić information content (AvgIpc) is 0. The van der Waals surface area contributed by atoms with Gasteiger partial charge in [0.1, 0.15) is 0 Å². The number of hydrogen-bond acceptors (Lipinski definition) is 0. The van der Waals surface area contributed by atoms with E-state index in [1.165, 1.54) is 0 Å². The minimum Gasteiger partial charge on any atom is -1.00 e. The first kappa shape index (κ1) is 44.7. The minimum atomic E-state index is 0. The molecule has 0 saturated carbocycles. The smallest absolute Gasteiger partial charge is 1.00 e. The zero-order chi connectivity index (χ0) is 0. The monoisotopic (exact) mass is 156 g/mol. The van der Waals surface area contributed by atoms with Gasteiger partial charge in [0, 0.05) is 0 Å². The zero-order valence-corrected chi connectivity index (χ0v) is 5.23. The molecule has 0 fully saturated rings. The van der Waals surface area contributed by atoms with E-state index in [1.54, 1.807) is 0 Å². The van der Waals surface area contributed by atoms with Crippen molar-refractivity contribution in [3.8, 4) is 0 Å². The minimum absolute atomic E-state index is 0. The van der Waals surface area contributed by atoms with E-state index in [1.807, 2.05) is 0 Å². The quantitative estimate of drug-likeness (QED) is 0.307. The molecular formula is BrCl2Li. The van der Waals surface area contributed by atoms with Gasteiger partial charge in [0.15, 0.2) is 0 Å². The van der Waals surface area contributed by atoms with Crippen molar-refractivity contribution in [2.24, 2.45) is 0 Å². The summed E-state index contributed by atoms with van der Waals surface area (Å²) in [5.74, 6) is 0. The van der Waals surface area contributed by atoms with Gasteiger partial charge in [0.05, 0.1) is 0 Å². The summed E-state index contributed by atoms with van der Waals surface area (Å²) in [6, 6.07) is 0. The molecule has 0 aromatic rings. The first-order chi connectivity index (χ1) is 0. The molecule has 0 unspecified atom stereocenters. The van der Waals surface area contributed by atoms with Crippen LogP contribution in [0.15, 0.2) is 0 Å². The van der Waals surface area contributed by atoms with Crippen LogP contribution in [0.4, 0.5) is 0 Å². The second kappa shape index (κ2) is 22.7. The normalized spacial score (nSPS) is 0. The summed E-state index contributed by atoms with van der Waals surface area (Å²) in [4.78, 5) is 0. The predicted molar refractivity (Wildman–Crippen MR) is 0 cm³/mol. The summed E-state index contributed by atoms with van der Waals surface area (Å²) in [6.45, 7) is 0. The standard InChI is InChI=1S/Br.2ClH.Li/h;2*1H;/q+1;;;+1/p-2. The number of rotatable bonds is 0. The van der Waals surface area contributed by atoms with E-state index in [4.69, 9.17) is 0 Å². The van der Waals surface area contributed by atoms with Gasteiger partial charge in [-0.1, -0.05) is 0 Å². The molecule has 0 aliphatic heterocycles. The van der Waals surface area contributed by atoms with E-state index >= 15 is 0 Å². The van der Waals surface area contributed by atoms with Crippen LogP contribution in [0.5, 0.6) is 0 Å². The Bertz CT molecular complexity index is 6.00. The molecule has 0 bridgehead atoms. The third-order valence-electron chi connectivity index (χ3n) is 0. The molecule has 0 aromatic carbocycles. The van der Waals surface area contributed by atoms with Crippen LogP contribution in [0, 0.1) is 17.0 Å². The van der Waals surface area contributed by atoms with Crippen molar-refractivity contribution in [3.63, 3.8) is 0 Å². The fraction of sp³-hybridized carbons (Fsp3) is 0. The third kappa shape index (κ3) is 9.40. The Labute approximate surface area is 60.5 Å². The van der Waals surface area contributed by atoms with E-state index in [2.05, 4.69) is 0 Å². The molecule has 0 aliphatic rings. The Hall–Kier alpha value is 1.66. The van der Waals surface area contributed by atoms with Crippen LogP contribution >= 0.6 is 0 Å². The number of hydrogen-bond donors (Lipinski definition) is 0. The summed E-state index contributed by atoms with van der Waals surface area (Å²) >= 11 is 0. The van der Waals surface area contributed by atoms with Crippen molar-refractivity contribution in [3.05, 3.63) is 0 Å². The molecule has 0 spiro atoms. The summed E-state index contributed by atoms with van der Waals surface area (Å²) in [6.07, 6.45) is 0. The van der Waals surface area contributed by atoms with Gasteiger partial charge in [0.25, 0.3) is 0 Å². The van der Waals surface area contributed by atoms with Crippen LogP contribution in [0.2, 0.25) is 0 Å². The molecule has 0 aliphatic carbocycles. The third-order valence-corrected chi connectivity index (χ3v) is 0. The maximum atomic E-state index is 0. The maximum absolute atomic E-state index is 0. The summed E-state index contributed by atoms with van der Waals surface area (Å²) in [5, 5.41) is 0. The van der Waals surface area contributed by atoms with Gasteiger partial charge < -0.3 is 24.8 Å². The first-order valence-electron chi connectivity index (χ1n) is 0. The van der Waals surface area contributed by atoms with Gasteiger partial charge >= 0.3 is 35.8 Å². The van der Waals surface area contributed by atoms with Crippen LogP contribution in [0.25, 0.3) is 0 Å². The second-order valence-electron chi connectivity index (χ2n) is 0. The molecule has 0 nitrogen and oxygen atoms in total. The van der Waals surface area contributed by atoms with Gasteiger partial charge in [-0.3, -0.25) is 0 Å².